The summed E-state index contributed by atoms with van der Waals surface area (Å²) in [6.45, 7) is 9.06. The SMILES string of the molecule is CC1(C)CCc2nc3c(F)cc(-c4nc(Nc5ccc(CN6CCNCC6)cn5)ncc4F)cc3n21. The quantitative estimate of drug-likeness (QED) is 0.438. The average molecular weight is 491 g/mol. The van der Waals surface area contributed by atoms with Gasteiger partial charge in [0.15, 0.2) is 11.6 Å². The zero-order chi connectivity index (χ0) is 24.9. The number of aryl methyl sites for hydroxylation is 1. The van der Waals surface area contributed by atoms with Gasteiger partial charge in [-0.3, -0.25) is 4.90 Å². The number of hydrogen-bond acceptors (Lipinski definition) is 7. The summed E-state index contributed by atoms with van der Waals surface area (Å²) in [7, 11) is 0. The van der Waals surface area contributed by atoms with E-state index < -0.39 is 11.6 Å². The van der Waals surface area contributed by atoms with E-state index >= 15 is 4.39 Å². The minimum atomic E-state index is -0.626. The zero-order valence-electron chi connectivity index (χ0n) is 20.4. The number of fused-ring (bicyclic) bond motifs is 3. The highest BCUT2D eigenvalue weighted by Gasteiger charge is 2.33. The molecule has 1 aromatic carbocycles. The molecule has 5 heterocycles. The molecule has 1 saturated heterocycles. The van der Waals surface area contributed by atoms with E-state index in [1.807, 2.05) is 18.3 Å². The minimum absolute atomic E-state index is 0.0231. The number of pyridine rings is 1. The molecule has 0 spiro atoms. The first-order valence-electron chi connectivity index (χ1n) is 12.3. The Morgan fingerprint density at radius 1 is 1.03 bits per heavy atom. The number of hydrogen-bond donors (Lipinski definition) is 2. The van der Waals surface area contributed by atoms with Crippen molar-refractivity contribution in [3.8, 4) is 11.3 Å². The molecule has 0 saturated carbocycles. The van der Waals surface area contributed by atoms with Crippen molar-refractivity contribution >= 4 is 22.8 Å². The summed E-state index contributed by atoms with van der Waals surface area (Å²) < 4.78 is 31.9. The molecule has 1 fully saturated rings. The number of rotatable bonds is 5. The predicted molar refractivity (Wildman–Crippen MR) is 134 cm³/mol. The maximum atomic E-state index is 15.0. The van der Waals surface area contributed by atoms with Gasteiger partial charge in [-0.25, -0.2) is 28.7 Å². The van der Waals surface area contributed by atoms with Crippen LogP contribution in [-0.2, 0) is 18.5 Å². The van der Waals surface area contributed by atoms with E-state index in [2.05, 4.69) is 53.9 Å². The Morgan fingerprint density at radius 3 is 2.64 bits per heavy atom. The fraction of sp³-hybridized carbons (Fsp3) is 0.385. The van der Waals surface area contributed by atoms with Crippen LogP contribution in [0, 0.1) is 11.6 Å². The molecule has 4 aromatic rings. The molecule has 0 radical (unpaired) electrons. The van der Waals surface area contributed by atoms with Crippen LogP contribution in [0.15, 0.2) is 36.7 Å². The van der Waals surface area contributed by atoms with Gasteiger partial charge in [-0.1, -0.05) is 6.07 Å². The van der Waals surface area contributed by atoms with Gasteiger partial charge in [0.25, 0.3) is 0 Å². The van der Waals surface area contributed by atoms with Crippen LogP contribution in [0.4, 0.5) is 20.5 Å². The highest BCUT2D eigenvalue weighted by Crippen LogP contribution is 2.38. The second-order valence-corrected chi connectivity index (χ2v) is 10.1. The molecule has 0 bridgehead atoms. The molecule has 10 heteroatoms. The van der Waals surface area contributed by atoms with Crippen molar-refractivity contribution < 1.29 is 8.78 Å². The highest BCUT2D eigenvalue weighted by atomic mass is 19.1. The molecule has 2 aliphatic heterocycles. The number of nitrogens with zero attached hydrogens (tertiary/aromatic N) is 6. The van der Waals surface area contributed by atoms with Crippen LogP contribution in [0.25, 0.3) is 22.3 Å². The fourth-order valence-electron chi connectivity index (χ4n) is 5.16. The summed E-state index contributed by atoms with van der Waals surface area (Å²) >= 11 is 0. The molecule has 2 aliphatic rings. The second kappa shape index (κ2) is 8.86. The van der Waals surface area contributed by atoms with Crippen LogP contribution in [0.5, 0.6) is 0 Å². The van der Waals surface area contributed by atoms with Crippen LogP contribution in [0.1, 0.15) is 31.7 Å². The van der Waals surface area contributed by atoms with Gasteiger partial charge in [0.05, 0.1) is 11.7 Å². The molecule has 186 valence electrons. The molecule has 0 aliphatic carbocycles. The van der Waals surface area contributed by atoms with Gasteiger partial charge in [-0.15, -0.1) is 0 Å². The van der Waals surface area contributed by atoms with Gasteiger partial charge in [-0.05, 0) is 44.0 Å². The molecular weight excluding hydrogens is 462 g/mol. The smallest absolute Gasteiger partial charge is 0.229 e. The topological polar surface area (TPSA) is 83.8 Å². The van der Waals surface area contributed by atoms with E-state index in [1.54, 1.807) is 6.07 Å². The van der Waals surface area contributed by atoms with Crippen molar-refractivity contribution in [1.82, 2.24) is 34.7 Å². The van der Waals surface area contributed by atoms with Gasteiger partial charge in [0, 0.05) is 56.4 Å². The Labute approximate surface area is 207 Å². The Bertz CT molecular complexity index is 1420. The van der Waals surface area contributed by atoms with Gasteiger partial charge in [-0.2, -0.15) is 0 Å². The number of aromatic nitrogens is 5. The number of nitrogens with one attached hydrogen (secondary N) is 2. The zero-order valence-corrected chi connectivity index (χ0v) is 20.4. The van der Waals surface area contributed by atoms with Gasteiger partial charge in [0.1, 0.15) is 22.9 Å². The molecule has 0 amide bonds. The van der Waals surface area contributed by atoms with E-state index in [-0.39, 0.29) is 17.2 Å². The van der Waals surface area contributed by atoms with Gasteiger partial charge < -0.3 is 15.2 Å². The maximum absolute atomic E-state index is 15.0. The number of benzene rings is 1. The first kappa shape index (κ1) is 22.9. The summed E-state index contributed by atoms with van der Waals surface area (Å²) in [5.74, 6) is 0.471. The molecule has 8 nitrogen and oxygen atoms in total. The van der Waals surface area contributed by atoms with Gasteiger partial charge in [0.2, 0.25) is 5.95 Å². The number of anilines is 2. The standard InChI is InChI=1S/C26H28F2N8/c1-26(2)6-5-22-33-24-18(27)11-17(12-20(24)36(22)26)23-19(28)14-31-25(34-23)32-21-4-3-16(13-30-21)15-35-9-7-29-8-10-35/h3-4,11-14,29H,5-10,15H2,1-2H3,(H,30,31,32,34). The lowest BCUT2D eigenvalue weighted by molar-refractivity contribution is 0.233. The molecule has 0 atom stereocenters. The maximum Gasteiger partial charge on any atom is 0.229 e. The minimum Gasteiger partial charge on any atom is -0.322 e. The second-order valence-electron chi connectivity index (χ2n) is 10.1. The monoisotopic (exact) mass is 490 g/mol. The molecule has 0 unspecified atom stereocenters. The van der Waals surface area contributed by atoms with Gasteiger partial charge >= 0.3 is 0 Å². The Balaban J connectivity index is 1.27. The summed E-state index contributed by atoms with van der Waals surface area (Å²) in [6, 6.07) is 6.91. The van der Waals surface area contributed by atoms with Crippen LogP contribution < -0.4 is 10.6 Å². The largest absolute Gasteiger partial charge is 0.322 e. The van der Waals surface area contributed by atoms with Crippen molar-refractivity contribution in [1.29, 1.82) is 0 Å². The first-order valence-corrected chi connectivity index (χ1v) is 12.3. The molecule has 6 rings (SSSR count). The van der Waals surface area contributed by atoms with E-state index in [0.717, 1.165) is 63.2 Å². The van der Waals surface area contributed by atoms with Crippen LogP contribution in [0.3, 0.4) is 0 Å². The number of piperazine rings is 1. The summed E-state index contributed by atoms with van der Waals surface area (Å²) in [5, 5.41) is 6.39. The van der Waals surface area contributed by atoms with Crippen LogP contribution >= 0.6 is 0 Å². The lowest BCUT2D eigenvalue weighted by Gasteiger charge is -2.27. The molecule has 3 aromatic heterocycles. The first-order chi connectivity index (χ1) is 17.4. The Morgan fingerprint density at radius 2 is 1.86 bits per heavy atom. The van der Waals surface area contributed by atoms with Crippen molar-refractivity contribution in [2.45, 2.75) is 38.8 Å². The fourth-order valence-corrected chi connectivity index (χ4v) is 5.16. The van der Waals surface area contributed by atoms with E-state index in [0.29, 0.717) is 22.4 Å². The third kappa shape index (κ3) is 4.20. The van der Waals surface area contributed by atoms with E-state index in [9.17, 15) is 4.39 Å². The summed E-state index contributed by atoms with van der Waals surface area (Å²) in [6.07, 6.45) is 4.62. The van der Waals surface area contributed by atoms with Crippen LogP contribution in [-0.4, -0.2) is 55.6 Å². The van der Waals surface area contributed by atoms with Crippen molar-refractivity contribution in [2.24, 2.45) is 0 Å². The average Bonchev–Trinajstić information content (AvgIpc) is 3.40. The summed E-state index contributed by atoms with van der Waals surface area (Å²) in [5.41, 5.74) is 2.25. The normalized spacial score (nSPS) is 17.4. The lowest BCUT2D eigenvalue weighted by Crippen LogP contribution is -2.42. The number of imidazole rings is 1. The lowest BCUT2D eigenvalue weighted by atomic mass is 10.0. The van der Waals surface area contributed by atoms with Crippen molar-refractivity contribution in [3.05, 3.63) is 59.7 Å². The van der Waals surface area contributed by atoms with E-state index in [1.165, 1.54) is 6.07 Å². The van der Waals surface area contributed by atoms with Crippen molar-refractivity contribution in [2.75, 3.05) is 31.5 Å². The summed E-state index contributed by atoms with van der Waals surface area (Å²) in [4.78, 5) is 19.8. The Hall–Kier alpha value is -3.50. The molecule has 36 heavy (non-hydrogen) atoms. The third-order valence-electron chi connectivity index (χ3n) is 7.05. The predicted octanol–water partition coefficient (Wildman–Crippen LogP) is 4.00. The van der Waals surface area contributed by atoms with Crippen LogP contribution in [0.2, 0.25) is 0 Å². The molecule has 2 N–H and O–H groups in total. The highest BCUT2D eigenvalue weighted by molar-refractivity contribution is 5.83. The van der Waals surface area contributed by atoms with Crippen molar-refractivity contribution in [3.63, 3.8) is 0 Å². The Kier molecular flexibility index (Phi) is 5.65. The third-order valence-corrected chi connectivity index (χ3v) is 7.05. The molecular formula is C26H28F2N8. The number of halogens is 2. The van der Waals surface area contributed by atoms with E-state index in [4.69, 9.17) is 0 Å².